The molecule has 140 valence electrons. The van der Waals surface area contributed by atoms with Crippen LogP contribution in [0.15, 0.2) is 28.1 Å². The largest absolute Gasteiger partial charge is 0.469 e. The number of aliphatic imine (C=N–C) groups is 1. The molecule has 0 saturated heterocycles. The zero-order valence-corrected chi connectivity index (χ0v) is 16.2. The Morgan fingerprint density at radius 3 is 2.52 bits per heavy atom. The first kappa shape index (κ1) is 21.0. The number of methoxy groups -OCH3 is 1. The Hall–Kier alpha value is -2.09. The highest BCUT2D eigenvalue weighted by molar-refractivity contribution is 7.90. The van der Waals surface area contributed by atoms with Crippen LogP contribution >= 0.6 is 0 Å². The van der Waals surface area contributed by atoms with E-state index in [4.69, 9.17) is 4.74 Å². The number of rotatable bonds is 7. The van der Waals surface area contributed by atoms with E-state index < -0.39 is 9.84 Å². The third kappa shape index (κ3) is 6.74. The Balaban J connectivity index is 2.80. The van der Waals surface area contributed by atoms with Gasteiger partial charge in [-0.25, -0.2) is 13.4 Å². The maximum Gasteiger partial charge on any atom is 0.310 e. The van der Waals surface area contributed by atoms with Gasteiger partial charge in [0.05, 0.1) is 24.5 Å². The number of sulfone groups is 1. The number of ether oxygens (including phenoxy) is 1. The number of hydrogen-bond donors (Lipinski definition) is 2. The predicted octanol–water partition coefficient (Wildman–Crippen LogP) is 1.26. The van der Waals surface area contributed by atoms with Crippen molar-refractivity contribution in [1.82, 2.24) is 10.6 Å². The molecule has 1 atom stereocenters. The molecule has 0 aromatic heterocycles. The van der Waals surface area contributed by atoms with Gasteiger partial charge in [-0.2, -0.15) is 0 Å². The first-order valence-corrected chi connectivity index (χ1v) is 9.97. The molecule has 0 fully saturated rings. The van der Waals surface area contributed by atoms with Crippen molar-refractivity contribution >= 4 is 21.8 Å². The van der Waals surface area contributed by atoms with Crippen molar-refractivity contribution in [3.05, 3.63) is 29.3 Å². The second-order valence-electron chi connectivity index (χ2n) is 5.87. The minimum atomic E-state index is -3.22. The van der Waals surface area contributed by atoms with Gasteiger partial charge in [0, 0.05) is 19.3 Å². The van der Waals surface area contributed by atoms with Gasteiger partial charge < -0.3 is 15.4 Å². The van der Waals surface area contributed by atoms with Crippen molar-refractivity contribution in [2.24, 2.45) is 10.9 Å². The summed E-state index contributed by atoms with van der Waals surface area (Å²) < 4.78 is 28.0. The number of esters is 1. The average molecular weight is 369 g/mol. The fourth-order valence-electron chi connectivity index (χ4n) is 2.27. The van der Waals surface area contributed by atoms with Gasteiger partial charge in [0.2, 0.25) is 0 Å². The van der Waals surface area contributed by atoms with Gasteiger partial charge in [0.1, 0.15) is 0 Å². The van der Waals surface area contributed by atoms with Crippen LogP contribution in [-0.2, 0) is 25.9 Å². The number of hydrogen-bond acceptors (Lipinski definition) is 5. The summed E-state index contributed by atoms with van der Waals surface area (Å²) in [6, 6.07) is 5.18. The van der Waals surface area contributed by atoms with Crippen LogP contribution in [0, 0.1) is 12.8 Å². The molecule has 2 N–H and O–H groups in total. The van der Waals surface area contributed by atoms with Gasteiger partial charge in [-0.05, 0) is 31.0 Å². The average Bonchev–Trinajstić information content (AvgIpc) is 2.55. The minimum absolute atomic E-state index is 0.282. The van der Waals surface area contributed by atoms with E-state index in [-0.39, 0.29) is 11.9 Å². The molecule has 0 amide bonds. The van der Waals surface area contributed by atoms with Gasteiger partial charge >= 0.3 is 5.97 Å². The number of benzene rings is 1. The Morgan fingerprint density at radius 2 is 2.00 bits per heavy atom. The van der Waals surface area contributed by atoms with Crippen molar-refractivity contribution in [2.45, 2.75) is 32.2 Å². The molecule has 0 radical (unpaired) electrons. The van der Waals surface area contributed by atoms with Crippen LogP contribution in [0.4, 0.5) is 0 Å². The predicted molar refractivity (Wildman–Crippen MR) is 98.3 cm³/mol. The molecule has 1 aromatic carbocycles. The molecule has 0 aliphatic rings. The number of carbonyl (C=O) groups is 1. The molecule has 0 aliphatic carbocycles. The van der Waals surface area contributed by atoms with E-state index in [0.29, 0.717) is 36.1 Å². The third-order valence-electron chi connectivity index (χ3n) is 3.58. The Labute approximate surface area is 149 Å². The van der Waals surface area contributed by atoms with E-state index in [2.05, 4.69) is 15.6 Å². The molecule has 0 bridgehead atoms. The molecule has 0 heterocycles. The minimum Gasteiger partial charge on any atom is -0.469 e. The second-order valence-corrected chi connectivity index (χ2v) is 7.86. The van der Waals surface area contributed by atoms with Crippen LogP contribution in [0.3, 0.4) is 0 Å². The maximum absolute atomic E-state index is 11.7. The normalized spacial score (nSPS) is 13.2. The molecule has 0 aliphatic heterocycles. The summed E-state index contributed by atoms with van der Waals surface area (Å²) in [6.45, 7) is 6.98. The lowest BCUT2D eigenvalue weighted by atomic mass is 10.1. The quantitative estimate of drug-likeness (QED) is 0.427. The molecule has 1 rings (SSSR count). The summed E-state index contributed by atoms with van der Waals surface area (Å²) in [6.07, 6.45) is 1.20. The summed E-state index contributed by atoms with van der Waals surface area (Å²) in [5, 5.41) is 6.20. The Bertz CT molecular complexity index is 729. The fraction of sp³-hybridized carbons (Fsp3) is 0.529. The van der Waals surface area contributed by atoms with Gasteiger partial charge in [0.15, 0.2) is 15.8 Å². The van der Waals surface area contributed by atoms with Crippen molar-refractivity contribution in [2.75, 3.05) is 26.5 Å². The number of nitrogens with one attached hydrogen (secondary N) is 2. The molecule has 0 saturated carbocycles. The standard InChI is InChI=1S/C17H27N3O4S/c1-6-18-17(19-10-13(3)16(21)24-4)20-11-14-7-8-15(12(2)9-14)25(5,22)23/h7-9,13H,6,10-11H2,1-5H3,(H2,18,19,20). The lowest BCUT2D eigenvalue weighted by molar-refractivity contribution is -0.144. The third-order valence-corrected chi connectivity index (χ3v) is 4.84. The molecular formula is C17H27N3O4S. The molecule has 0 spiro atoms. The SMILES string of the molecule is CCNC(=NCc1ccc(S(C)(=O)=O)c(C)c1)NCC(C)C(=O)OC. The first-order chi connectivity index (χ1) is 11.7. The van der Waals surface area contributed by atoms with Gasteiger partial charge in [-0.3, -0.25) is 4.79 Å². The zero-order valence-electron chi connectivity index (χ0n) is 15.4. The molecule has 8 heteroatoms. The van der Waals surface area contributed by atoms with Gasteiger partial charge in [0.25, 0.3) is 0 Å². The van der Waals surface area contributed by atoms with Crippen LogP contribution in [0.25, 0.3) is 0 Å². The van der Waals surface area contributed by atoms with Crippen LogP contribution in [0.2, 0.25) is 0 Å². The fourth-order valence-corrected chi connectivity index (χ4v) is 3.23. The van der Waals surface area contributed by atoms with Crippen molar-refractivity contribution in [3.63, 3.8) is 0 Å². The summed E-state index contributed by atoms with van der Waals surface area (Å²) in [4.78, 5) is 16.2. The second kappa shape index (κ2) is 9.41. The van der Waals surface area contributed by atoms with Crippen LogP contribution in [0.1, 0.15) is 25.0 Å². The highest BCUT2D eigenvalue weighted by Crippen LogP contribution is 2.17. The highest BCUT2D eigenvalue weighted by Gasteiger charge is 2.13. The van der Waals surface area contributed by atoms with E-state index in [1.165, 1.54) is 13.4 Å². The van der Waals surface area contributed by atoms with Crippen LogP contribution in [-0.4, -0.2) is 46.8 Å². The first-order valence-electron chi connectivity index (χ1n) is 8.08. The number of guanidine groups is 1. The summed E-state index contributed by atoms with van der Waals surface area (Å²) in [5.74, 6) is 0.0172. The Morgan fingerprint density at radius 1 is 1.32 bits per heavy atom. The van der Waals surface area contributed by atoms with Gasteiger partial charge in [-0.15, -0.1) is 0 Å². The van der Waals surface area contributed by atoms with E-state index in [1.807, 2.05) is 13.0 Å². The number of aryl methyl sites for hydroxylation is 1. The summed E-state index contributed by atoms with van der Waals surface area (Å²) in [7, 11) is -1.86. The van der Waals surface area contributed by atoms with Crippen LogP contribution < -0.4 is 10.6 Å². The molecule has 1 unspecified atom stereocenters. The molecular weight excluding hydrogens is 342 g/mol. The molecule has 25 heavy (non-hydrogen) atoms. The van der Waals surface area contributed by atoms with E-state index in [9.17, 15) is 13.2 Å². The van der Waals surface area contributed by atoms with Gasteiger partial charge in [-0.1, -0.05) is 19.1 Å². The summed E-state index contributed by atoms with van der Waals surface area (Å²) in [5.41, 5.74) is 1.61. The lowest BCUT2D eigenvalue weighted by Gasteiger charge is -2.14. The zero-order chi connectivity index (χ0) is 19.0. The highest BCUT2D eigenvalue weighted by atomic mass is 32.2. The monoisotopic (exact) mass is 369 g/mol. The molecule has 7 nitrogen and oxygen atoms in total. The van der Waals surface area contributed by atoms with E-state index in [1.54, 1.807) is 26.0 Å². The summed E-state index contributed by atoms with van der Waals surface area (Å²) >= 11 is 0. The van der Waals surface area contributed by atoms with Crippen molar-refractivity contribution in [3.8, 4) is 0 Å². The van der Waals surface area contributed by atoms with Crippen molar-refractivity contribution in [1.29, 1.82) is 0 Å². The van der Waals surface area contributed by atoms with Crippen molar-refractivity contribution < 1.29 is 17.9 Å². The van der Waals surface area contributed by atoms with E-state index in [0.717, 1.165) is 5.56 Å². The lowest BCUT2D eigenvalue weighted by Crippen LogP contribution is -2.40. The van der Waals surface area contributed by atoms with Crippen LogP contribution in [0.5, 0.6) is 0 Å². The maximum atomic E-state index is 11.7. The number of carbonyl (C=O) groups excluding carboxylic acids is 1. The Kier molecular flexibility index (Phi) is 7.89. The molecule has 1 aromatic rings. The topological polar surface area (TPSA) is 96.9 Å². The smallest absolute Gasteiger partial charge is 0.310 e. The number of nitrogens with zero attached hydrogens (tertiary/aromatic N) is 1. The van der Waals surface area contributed by atoms with E-state index >= 15 is 0 Å².